The Morgan fingerprint density at radius 3 is 2.70 bits per heavy atom. The van der Waals surface area contributed by atoms with E-state index in [1.54, 1.807) is 7.11 Å². The Labute approximate surface area is 60.9 Å². The van der Waals surface area contributed by atoms with Gasteiger partial charge in [0, 0.05) is 13.5 Å². The third kappa shape index (κ3) is 1.94. The maximum Gasteiger partial charge on any atom is 0.160 e. The van der Waals surface area contributed by atoms with Gasteiger partial charge in [0.05, 0.1) is 12.2 Å². The number of aliphatic hydroxyl groups is 1. The second-order valence-electron chi connectivity index (χ2n) is 2.74. The van der Waals surface area contributed by atoms with E-state index in [-0.39, 0.29) is 18.5 Å². The molecule has 3 heteroatoms. The van der Waals surface area contributed by atoms with E-state index in [9.17, 15) is 5.11 Å². The number of aliphatic hydroxyl groups excluding tert-OH is 1. The Kier molecular flexibility index (Phi) is 2.65. The molecule has 1 saturated heterocycles. The van der Waals surface area contributed by atoms with Crippen molar-refractivity contribution in [2.45, 2.75) is 38.3 Å². The van der Waals surface area contributed by atoms with Gasteiger partial charge in [-0.3, -0.25) is 0 Å². The summed E-state index contributed by atoms with van der Waals surface area (Å²) in [6.07, 6.45) is 0.974. The highest BCUT2D eigenvalue weighted by Gasteiger charge is 2.24. The molecule has 0 amide bonds. The average Bonchev–Trinajstić information content (AvgIpc) is 1.85. The van der Waals surface area contributed by atoms with Gasteiger partial charge in [-0.05, 0) is 13.3 Å². The molecule has 0 radical (unpaired) electrons. The quantitative estimate of drug-likeness (QED) is 0.586. The molecule has 0 unspecified atom stereocenters. The zero-order valence-electron chi connectivity index (χ0n) is 6.41. The third-order valence-electron chi connectivity index (χ3n) is 1.72. The van der Waals surface area contributed by atoms with Crippen LogP contribution in [0.3, 0.4) is 0 Å². The predicted octanol–water partition coefficient (Wildman–Crippen LogP) is 0.519. The molecule has 1 N–H and O–H groups in total. The van der Waals surface area contributed by atoms with Crippen LogP contribution < -0.4 is 0 Å². The summed E-state index contributed by atoms with van der Waals surface area (Å²) >= 11 is 0. The van der Waals surface area contributed by atoms with Gasteiger partial charge >= 0.3 is 0 Å². The van der Waals surface area contributed by atoms with Crippen molar-refractivity contribution in [2.75, 3.05) is 7.11 Å². The van der Waals surface area contributed by atoms with E-state index in [1.807, 2.05) is 6.92 Å². The molecule has 60 valence electrons. The summed E-state index contributed by atoms with van der Waals surface area (Å²) < 4.78 is 10.3. The molecule has 1 aliphatic heterocycles. The fourth-order valence-corrected chi connectivity index (χ4v) is 1.22. The summed E-state index contributed by atoms with van der Waals surface area (Å²) in [6, 6.07) is 0. The summed E-state index contributed by atoms with van der Waals surface area (Å²) in [6.45, 7) is 1.94. The van der Waals surface area contributed by atoms with E-state index >= 15 is 0 Å². The van der Waals surface area contributed by atoms with Crippen LogP contribution in [0.5, 0.6) is 0 Å². The largest absolute Gasteiger partial charge is 0.393 e. The first-order valence-electron chi connectivity index (χ1n) is 3.58. The molecular formula is C7H14O3. The minimum atomic E-state index is -0.256. The summed E-state index contributed by atoms with van der Waals surface area (Å²) in [4.78, 5) is 0. The van der Waals surface area contributed by atoms with E-state index < -0.39 is 0 Å². The second-order valence-corrected chi connectivity index (χ2v) is 2.74. The van der Waals surface area contributed by atoms with E-state index in [0.717, 1.165) is 6.42 Å². The average molecular weight is 146 g/mol. The van der Waals surface area contributed by atoms with Crippen LogP contribution in [0.15, 0.2) is 0 Å². The van der Waals surface area contributed by atoms with Crippen molar-refractivity contribution in [3.8, 4) is 0 Å². The smallest absolute Gasteiger partial charge is 0.160 e. The summed E-state index contributed by atoms with van der Waals surface area (Å²) in [5.74, 6) is 0. The number of methoxy groups -OCH3 is 1. The minimum absolute atomic E-state index is 0.119. The Morgan fingerprint density at radius 1 is 1.50 bits per heavy atom. The van der Waals surface area contributed by atoms with Crippen molar-refractivity contribution in [3.05, 3.63) is 0 Å². The van der Waals surface area contributed by atoms with E-state index in [0.29, 0.717) is 6.42 Å². The highest BCUT2D eigenvalue weighted by atomic mass is 16.7. The molecule has 0 aromatic rings. The molecule has 1 heterocycles. The van der Waals surface area contributed by atoms with Gasteiger partial charge in [-0.2, -0.15) is 0 Å². The van der Waals surface area contributed by atoms with Crippen LogP contribution in [-0.4, -0.2) is 30.7 Å². The highest BCUT2D eigenvalue weighted by molar-refractivity contribution is 4.69. The van der Waals surface area contributed by atoms with E-state index in [4.69, 9.17) is 9.47 Å². The van der Waals surface area contributed by atoms with Crippen molar-refractivity contribution in [1.29, 1.82) is 0 Å². The maximum absolute atomic E-state index is 9.22. The zero-order chi connectivity index (χ0) is 7.56. The Morgan fingerprint density at radius 2 is 2.20 bits per heavy atom. The van der Waals surface area contributed by atoms with E-state index in [2.05, 4.69) is 0 Å². The Balaban J connectivity index is 2.35. The number of hydrogen-bond acceptors (Lipinski definition) is 3. The standard InChI is InChI=1S/C7H14O3/c1-5-3-6(8)4-7(9-2)10-5/h5-8H,3-4H2,1-2H3/t5-,6-,7-/m1/s1. The summed E-state index contributed by atoms with van der Waals surface area (Å²) in [5.41, 5.74) is 0. The van der Waals surface area contributed by atoms with Crippen LogP contribution >= 0.6 is 0 Å². The van der Waals surface area contributed by atoms with Crippen LogP contribution in [0.4, 0.5) is 0 Å². The molecule has 0 aromatic heterocycles. The first-order chi connectivity index (χ1) is 4.72. The van der Waals surface area contributed by atoms with Crippen molar-refractivity contribution in [3.63, 3.8) is 0 Å². The number of rotatable bonds is 1. The molecule has 0 aromatic carbocycles. The molecule has 0 bridgehead atoms. The molecule has 10 heavy (non-hydrogen) atoms. The maximum atomic E-state index is 9.22. The SMILES string of the molecule is CO[C@H]1C[C@H](O)C[C@@H](C)O1. The van der Waals surface area contributed by atoms with Gasteiger partial charge in [0.15, 0.2) is 6.29 Å². The van der Waals surface area contributed by atoms with E-state index in [1.165, 1.54) is 0 Å². The Hall–Kier alpha value is -0.120. The van der Waals surface area contributed by atoms with Crippen molar-refractivity contribution in [2.24, 2.45) is 0 Å². The monoisotopic (exact) mass is 146 g/mol. The number of ether oxygens (including phenoxy) is 2. The van der Waals surface area contributed by atoms with Gasteiger partial charge < -0.3 is 14.6 Å². The van der Waals surface area contributed by atoms with Crippen molar-refractivity contribution < 1.29 is 14.6 Å². The highest BCUT2D eigenvalue weighted by Crippen LogP contribution is 2.19. The fourth-order valence-electron chi connectivity index (χ4n) is 1.22. The van der Waals surface area contributed by atoms with Gasteiger partial charge in [-0.25, -0.2) is 0 Å². The van der Waals surface area contributed by atoms with Crippen LogP contribution in [0.1, 0.15) is 19.8 Å². The van der Waals surface area contributed by atoms with Crippen LogP contribution in [0, 0.1) is 0 Å². The normalized spacial score (nSPS) is 41.7. The molecule has 0 spiro atoms. The minimum Gasteiger partial charge on any atom is -0.393 e. The fraction of sp³-hybridized carbons (Fsp3) is 1.00. The topological polar surface area (TPSA) is 38.7 Å². The first-order valence-corrected chi connectivity index (χ1v) is 3.58. The van der Waals surface area contributed by atoms with Gasteiger partial charge in [0.1, 0.15) is 0 Å². The van der Waals surface area contributed by atoms with Crippen molar-refractivity contribution in [1.82, 2.24) is 0 Å². The molecule has 3 atom stereocenters. The van der Waals surface area contributed by atoms with Crippen LogP contribution in [0.25, 0.3) is 0 Å². The van der Waals surface area contributed by atoms with Crippen LogP contribution in [-0.2, 0) is 9.47 Å². The van der Waals surface area contributed by atoms with Gasteiger partial charge in [0.25, 0.3) is 0 Å². The molecule has 0 aliphatic carbocycles. The molecular weight excluding hydrogens is 132 g/mol. The molecule has 3 nitrogen and oxygen atoms in total. The second kappa shape index (κ2) is 3.32. The lowest BCUT2D eigenvalue weighted by Gasteiger charge is -2.29. The summed E-state index contributed by atoms with van der Waals surface area (Å²) in [5, 5.41) is 9.22. The van der Waals surface area contributed by atoms with Crippen LogP contribution in [0.2, 0.25) is 0 Å². The van der Waals surface area contributed by atoms with Gasteiger partial charge in [0.2, 0.25) is 0 Å². The lowest BCUT2D eigenvalue weighted by molar-refractivity contribution is -0.198. The zero-order valence-corrected chi connectivity index (χ0v) is 6.41. The first kappa shape index (κ1) is 7.98. The predicted molar refractivity (Wildman–Crippen MR) is 36.6 cm³/mol. The lowest BCUT2D eigenvalue weighted by Crippen LogP contribution is -2.34. The summed E-state index contributed by atoms with van der Waals surface area (Å²) in [7, 11) is 1.59. The third-order valence-corrected chi connectivity index (χ3v) is 1.72. The molecule has 1 aliphatic rings. The lowest BCUT2D eigenvalue weighted by atomic mass is 10.1. The van der Waals surface area contributed by atoms with Gasteiger partial charge in [-0.15, -0.1) is 0 Å². The van der Waals surface area contributed by atoms with Crippen molar-refractivity contribution >= 4 is 0 Å². The molecule has 1 fully saturated rings. The molecule has 0 saturated carbocycles. The Bertz CT molecular complexity index is 95.0. The van der Waals surface area contributed by atoms with Gasteiger partial charge in [-0.1, -0.05) is 0 Å². The molecule has 1 rings (SSSR count). The number of hydrogen-bond donors (Lipinski definition) is 1.